The molecule has 28 heavy (non-hydrogen) atoms. The molecule has 0 saturated carbocycles. The molecule has 3 atom stereocenters. The van der Waals surface area contributed by atoms with Crippen molar-refractivity contribution in [1.82, 2.24) is 24.6 Å². The Morgan fingerprint density at radius 1 is 1.25 bits per heavy atom. The van der Waals surface area contributed by atoms with E-state index in [2.05, 4.69) is 24.0 Å². The van der Waals surface area contributed by atoms with Gasteiger partial charge in [0.15, 0.2) is 5.72 Å². The van der Waals surface area contributed by atoms with Crippen LogP contribution >= 0.6 is 0 Å². The molecule has 0 bridgehead atoms. The molecule has 3 aliphatic rings. The summed E-state index contributed by atoms with van der Waals surface area (Å²) in [4.78, 5) is 30.1. The van der Waals surface area contributed by atoms with Crippen LogP contribution in [-0.2, 0) is 9.53 Å². The molecule has 3 saturated heterocycles. The van der Waals surface area contributed by atoms with E-state index in [1.54, 1.807) is 17.2 Å². The number of hydrogen-bond donors (Lipinski definition) is 0. The number of likely N-dealkylation sites (tertiary alicyclic amines) is 1. The Hall–Kier alpha value is -2.74. The van der Waals surface area contributed by atoms with Crippen LogP contribution < -0.4 is 0 Å². The summed E-state index contributed by atoms with van der Waals surface area (Å²) in [6.45, 7) is 5.34. The molecule has 8 nitrogen and oxygen atoms in total. The van der Waals surface area contributed by atoms with Crippen molar-refractivity contribution in [3.8, 4) is 5.69 Å². The van der Waals surface area contributed by atoms with Gasteiger partial charge in [-0.3, -0.25) is 14.2 Å². The van der Waals surface area contributed by atoms with Gasteiger partial charge in [-0.1, -0.05) is 26.0 Å². The number of benzene rings is 1. The first-order valence-corrected chi connectivity index (χ1v) is 9.74. The fourth-order valence-corrected chi connectivity index (χ4v) is 4.97. The van der Waals surface area contributed by atoms with Crippen molar-refractivity contribution >= 4 is 11.8 Å². The van der Waals surface area contributed by atoms with Gasteiger partial charge in [0, 0.05) is 13.0 Å². The molecule has 1 spiro atoms. The van der Waals surface area contributed by atoms with Gasteiger partial charge in [-0.25, -0.2) is 0 Å². The predicted molar refractivity (Wildman–Crippen MR) is 99.6 cm³/mol. The molecule has 3 aliphatic heterocycles. The largest absolute Gasteiger partial charge is 0.351 e. The molecule has 5 rings (SSSR count). The van der Waals surface area contributed by atoms with E-state index in [1.807, 2.05) is 34.1 Å². The van der Waals surface area contributed by atoms with E-state index < -0.39 is 5.72 Å². The maximum Gasteiger partial charge on any atom is 0.256 e. The molecule has 0 N–H and O–H groups in total. The molecule has 1 aromatic carbocycles. The lowest BCUT2D eigenvalue weighted by molar-refractivity contribution is -0.139. The third-order valence-corrected chi connectivity index (χ3v) is 6.35. The first-order chi connectivity index (χ1) is 13.5. The smallest absolute Gasteiger partial charge is 0.256 e. The van der Waals surface area contributed by atoms with Gasteiger partial charge in [-0.2, -0.15) is 0 Å². The first-order valence-electron chi connectivity index (χ1n) is 9.74. The summed E-state index contributed by atoms with van der Waals surface area (Å²) in [5.74, 6) is 0.324. The van der Waals surface area contributed by atoms with Crippen molar-refractivity contribution in [3.05, 3.63) is 42.5 Å². The average molecular weight is 381 g/mol. The van der Waals surface area contributed by atoms with E-state index in [4.69, 9.17) is 4.74 Å². The normalized spacial score (nSPS) is 28.9. The van der Waals surface area contributed by atoms with Crippen LogP contribution in [0.3, 0.4) is 0 Å². The molecule has 3 fully saturated rings. The lowest BCUT2D eigenvalue weighted by Crippen LogP contribution is -2.51. The monoisotopic (exact) mass is 381 g/mol. The van der Waals surface area contributed by atoms with Gasteiger partial charge in [0.05, 0.1) is 36.4 Å². The van der Waals surface area contributed by atoms with E-state index in [9.17, 15) is 9.59 Å². The average Bonchev–Trinajstić information content (AvgIpc) is 3.44. The number of rotatable bonds is 3. The third kappa shape index (κ3) is 2.27. The molecule has 0 radical (unpaired) electrons. The Balaban J connectivity index is 1.49. The zero-order valence-electron chi connectivity index (χ0n) is 16.0. The number of carbonyl (C=O) groups excluding carboxylic acids is 2. The van der Waals surface area contributed by atoms with Gasteiger partial charge in [0.1, 0.15) is 12.7 Å². The highest BCUT2D eigenvalue weighted by atomic mass is 16.5. The fourth-order valence-electron chi connectivity index (χ4n) is 4.97. The zero-order valence-corrected chi connectivity index (χ0v) is 16.0. The van der Waals surface area contributed by atoms with E-state index in [1.165, 1.54) is 0 Å². The van der Waals surface area contributed by atoms with Crippen molar-refractivity contribution in [3.63, 3.8) is 0 Å². The molecule has 0 aliphatic carbocycles. The summed E-state index contributed by atoms with van der Waals surface area (Å²) in [5, 5.41) is 7.69. The highest BCUT2D eigenvalue weighted by Crippen LogP contribution is 2.49. The number of para-hydroxylation sites is 1. The minimum absolute atomic E-state index is 0.0804. The Labute approximate surface area is 163 Å². The summed E-state index contributed by atoms with van der Waals surface area (Å²) in [5.41, 5.74) is 0.642. The number of nitrogens with zero attached hydrogens (tertiary/aromatic N) is 5. The molecule has 1 aromatic heterocycles. The second-order valence-corrected chi connectivity index (χ2v) is 8.09. The highest BCUT2D eigenvalue weighted by molar-refractivity contribution is 5.99. The van der Waals surface area contributed by atoms with Crippen LogP contribution in [0.1, 0.15) is 37.0 Å². The standard InChI is InChI=1S/C20H23N5O3/c1-13(2)16-10-28-20-7-8-24(17(20)9-18(26)25(16)20)19(27)14-5-3-4-6-15(14)23-11-21-22-12-23/h3-6,11-13,16-17H,7-10H2,1-2H3/t16-,17+,20-/m0/s1. The predicted octanol–water partition coefficient (Wildman–Crippen LogP) is 1.47. The third-order valence-electron chi connectivity index (χ3n) is 6.35. The Bertz CT molecular complexity index is 928. The van der Waals surface area contributed by atoms with E-state index in [0.717, 1.165) is 5.69 Å². The van der Waals surface area contributed by atoms with Gasteiger partial charge in [0.2, 0.25) is 5.91 Å². The van der Waals surface area contributed by atoms with Crippen molar-refractivity contribution in [2.24, 2.45) is 5.92 Å². The number of amides is 2. The van der Waals surface area contributed by atoms with E-state index in [-0.39, 0.29) is 23.9 Å². The SMILES string of the molecule is CC(C)[C@@H]1CO[C@@]23CCN(C(=O)c4ccccc4-n4cnnc4)[C@@H]2CC(=O)N13. The Morgan fingerprint density at radius 3 is 2.75 bits per heavy atom. The van der Waals surface area contributed by atoms with E-state index in [0.29, 0.717) is 37.5 Å². The van der Waals surface area contributed by atoms with E-state index >= 15 is 0 Å². The van der Waals surface area contributed by atoms with Crippen molar-refractivity contribution in [1.29, 1.82) is 0 Å². The summed E-state index contributed by atoms with van der Waals surface area (Å²) in [6.07, 6.45) is 4.13. The van der Waals surface area contributed by atoms with Crippen LogP contribution in [0.2, 0.25) is 0 Å². The van der Waals surface area contributed by atoms with Crippen LogP contribution in [0.5, 0.6) is 0 Å². The van der Waals surface area contributed by atoms with Gasteiger partial charge < -0.3 is 14.5 Å². The minimum Gasteiger partial charge on any atom is -0.351 e. The van der Waals surface area contributed by atoms with Gasteiger partial charge >= 0.3 is 0 Å². The van der Waals surface area contributed by atoms with Crippen LogP contribution in [0.4, 0.5) is 0 Å². The van der Waals surface area contributed by atoms with Crippen molar-refractivity contribution in [2.45, 2.75) is 44.5 Å². The Kier molecular flexibility index (Phi) is 3.80. The fraction of sp³-hybridized carbons (Fsp3) is 0.500. The van der Waals surface area contributed by atoms with Crippen LogP contribution in [0, 0.1) is 5.92 Å². The van der Waals surface area contributed by atoms with Crippen molar-refractivity contribution in [2.75, 3.05) is 13.2 Å². The summed E-state index contributed by atoms with van der Waals surface area (Å²) >= 11 is 0. The second kappa shape index (κ2) is 6.13. The molecule has 2 amide bonds. The number of ether oxygens (including phenoxy) is 1. The zero-order chi connectivity index (χ0) is 19.5. The molecule has 146 valence electrons. The topological polar surface area (TPSA) is 80.6 Å². The number of aromatic nitrogens is 3. The maximum atomic E-state index is 13.5. The summed E-state index contributed by atoms with van der Waals surface area (Å²) in [6, 6.07) is 7.24. The molecule has 0 unspecified atom stereocenters. The molecule has 4 heterocycles. The molecular weight excluding hydrogens is 358 g/mol. The van der Waals surface area contributed by atoms with Crippen LogP contribution in [0.15, 0.2) is 36.9 Å². The van der Waals surface area contributed by atoms with Crippen molar-refractivity contribution < 1.29 is 14.3 Å². The quantitative estimate of drug-likeness (QED) is 0.804. The maximum absolute atomic E-state index is 13.5. The van der Waals surface area contributed by atoms with Gasteiger partial charge in [-0.15, -0.1) is 10.2 Å². The van der Waals surface area contributed by atoms with Crippen LogP contribution in [-0.4, -0.2) is 67.3 Å². The number of hydrogen-bond acceptors (Lipinski definition) is 5. The first kappa shape index (κ1) is 17.4. The molecule has 8 heteroatoms. The second-order valence-electron chi connectivity index (χ2n) is 8.09. The molecular formula is C20H23N5O3. The van der Waals surface area contributed by atoms with Gasteiger partial charge in [0.25, 0.3) is 5.91 Å². The van der Waals surface area contributed by atoms with Gasteiger partial charge in [-0.05, 0) is 18.1 Å². The summed E-state index contributed by atoms with van der Waals surface area (Å²) < 4.78 is 7.97. The lowest BCUT2D eigenvalue weighted by atomic mass is 10.0. The summed E-state index contributed by atoms with van der Waals surface area (Å²) in [7, 11) is 0. The van der Waals surface area contributed by atoms with Crippen LogP contribution in [0.25, 0.3) is 5.69 Å². The minimum atomic E-state index is -0.660. The lowest BCUT2D eigenvalue weighted by Gasteiger charge is -2.34. The number of carbonyl (C=O) groups is 2. The highest BCUT2D eigenvalue weighted by Gasteiger charge is 2.65. The molecule has 2 aromatic rings. The Morgan fingerprint density at radius 2 is 2.00 bits per heavy atom.